The van der Waals surface area contributed by atoms with Crippen LogP contribution in [-0.4, -0.2) is 48.2 Å². The number of carbonyl (C=O) groups is 2. The van der Waals surface area contributed by atoms with Gasteiger partial charge in [-0.15, -0.1) is 0 Å². The quantitative estimate of drug-likeness (QED) is 0.417. The zero-order valence-corrected chi connectivity index (χ0v) is 14.6. The molecule has 6 aliphatic rings. The van der Waals surface area contributed by atoms with E-state index in [0.29, 0.717) is 0 Å². The highest BCUT2D eigenvalue weighted by molar-refractivity contribution is 6.22. The molecule has 4 bridgehead atoms. The molecular formula is C20H22N2O3. The zero-order chi connectivity index (χ0) is 17.4. The molecule has 6 rings (SSSR count). The van der Waals surface area contributed by atoms with Gasteiger partial charge in [0.1, 0.15) is 5.66 Å². The van der Waals surface area contributed by atoms with Gasteiger partial charge in [0, 0.05) is 13.1 Å². The normalized spacial score (nSPS) is 45.0. The summed E-state index contributed by atoms with van der Waals surface area (Å²) in [5.74, 6) is -0.255. The Morgan fingerprint density at radius 3 is 3.00 bits per heavy atom. The molecule has 0 radical (unpaired) electrons. The van der Waals surface area contributed by atoms with Crippen molar-refractivity contribution in [2.75, 3.05) is 20.2 Å². The summed E-state index contributed by atoms with van der Waals surface area (Å²) in [5, 5.41) is 0. The monoisotopic (exact) mass is 338 g/mol. The lowest BCUT2D eigenvalue weighted by atomic mass is 9.53. The van der Waals surface area contributed by atoms with Crippen molar-refractivity contribution in [3.63, 3.8) is 0 Å². The molecule has 0 aromatic rings. The van der Waals surface area contributed by atoms with Crippen LogP contribution < -0.4 is 0 Å². The van der Waals surface area contributed by atoms with Crippen molar-refractivity contribution in [1.29, 1.82) is 0 Å². The molecule has 0 aromatic carbocycles. The molecule has 5 heteroatoms. The molecule has 5 nitrogen and oxygen atoms in total. The van der Waals surface area contributed by atoms with E-state index >= 15 is 0 Å². The SMILES string of the molecule is C/C=C1/CN2CC[C@@]34C5=CC(=O)C=CC5=NC23CC[C@@H]1C4C(=O)OC. The highest BCUT2D eigenvalue weighted by Gasteiger charge is 2.74. The van der Waals surface area contributed by atoms with E-state index in [2.05, 4.69) is 17.9 Å². The van der Waals surface area contributed by atoms with Gasteiger partial charge in [-0.1, -0.05) is 11.6 Å². The van der Waals surface area contributed by atoms with Crippen LogP contribution in [0.25, 0.3) is 0 Å². The van der Waals surface area contributed by atoms with Crippen LogP contribution in [0.3, 0.4) is 0 Å². The maximum Gasteiger partial charge on any atom is 0.310 e. The second-order valence-electron chi connectivity index (χ2n) is 7.76. The van der Waals surface area contributed by atoms with E-state index in [1.807, 2.05) is 6.08 Å². The van der Waals surface area contributed by atoms with Gasteiger partial charge < -0.3 is 4.74 Å². The molecule has 3 saturated heterocycles. The van der Waals surface area contributed by atoms with Crippen molar-refractivity contribution < 1.29 is 14.3 Å². The van der Waals surface area contributed by atoms with Crippen LogP contribution in [0.2, 0.25) is 0 Å². The number of rotatable bonds is 1. The van der Waals surface area contributed by atoms with E-state index in [1.54, 1.807) is 12.2 Å². The summed E-state index contributed by atoms with van der Waals surface area (Å²) >= 11 is 0. The smallest absolute Gasteiger partial charge is 0.310 e. The highest BCUT2D eigenvalue weighted by Crippen LogP contribution is 2.69. The molecule has 0 N–H and O–H groups in total. The van der Waals surface area contributed by atoms with Gasteiger partial charge in [-0.05, 0) is 55.9 Å². The van der Waals surface area contributed by atoms with Gasteiger partial charge >= 0.3 is 5.97 Å². The van der Waals surface area contributed by atoms with E-state index < -0.39 is 11.1 Å². The number of hydrogen-bond donors (Lipinski definition) is 0. The van der Waals surface area contributed by atoms with E-state index in [1.165, 1.54) is 12.7 Å². The van der Waals surface area contributed by atoms with E-state index in [-0.39, 0.29) is 23.6 Å². The van der Waals surface area contributed by atoms with Crippen LogP contribution in [0.5, 0.6) is 0 Å². The average molecular weight is 338 g/mol. The molecule has 5 atom stereocenters. The first kappa shape index (κ1) is 15.3. The van der Waals surface area contributed by atoms with E-state index in [4.69, 9.17) is 9.73 Å². The zero-order valence-electron chi connectivity index (χ0n) is 14.6. The van der Waals surface area contributed by atoms with Gasteiger partial charge in [0.2, 0.25) is 0 Å². The van der Waals surface area contributed by atoms with Crippen molar-refractivity contribution in [3.05, 3.63) is 35.5 Å². The lowest BCUT2D eigenvalue weighted by Crippen LogP contribution is -2.57. The first-order valence-corrected chi connectivity index (χ1v) is 9.10. The predicted molar refractivity (Wildman–Crippen MR) is 93.0 cm³/mol. The van der Waals surface area contributed by atoms with Gasteiger partial charge in [-0.3, -0.25) is 19.5 Å². The van der Waals surface area contributed by atoms with Crippen molar-refractivity contribution in [2.24, 2.45) is 22.2 Å². The number of nitrogens with zero attached hydrogens (tertiary/aromatic N) is 2. The molecule has 2 aliphatic carbocycles. The van der Waals surface area contributed by atoms with Gasteiger partial charge in [-0.25, -0.2) is 0 Å². The molecule has 3 unspecified atom stereocenters. The Morgan fingerprint density at radius 2 is 2.24 bits per heavy atom. The van der Waals surface area contributed by atoms with Crippen molar-refractivity contribution in [1.82, 2.24) is 4.90 Å². The fourth-order valence-electron chi connectivity index (χ4n) is 6.29. The van der Waals surface area contributed by atoms with Crippen molar-refractivity contribution >= 4 is 17.5 Å². The van der Waals surface area contributed by atoms with Gasteiger partial charge in [0.25, 0.3) is 0 Å². The molecule has 4 heterocycles. The number of allylic oxidation sites excluding steroid dienone is 4. The summed E-state index contributed by atoms with van der Waals surface area (Å²) < 4.78 is 5.28. The van der Waals surface area contributed by atoms with Gasteiger partial charge in [-0.2, -0.15) is 0 Å². The summed E-state index contributed by atoms with van der Waals surface area (Å²) in [6.07, 6.45) is 10.1. The fourth-order valence-corrected chi connectivity index (χ4v) is 6.29. The Balaban J connectivity index is 1.82. The number of esters is 1. The predicted octanol–water partition coefficient (Wildman–Crippen LogP) is 2.05. The third kappa shape index (κ3) is 1.56. The lowest BCUT2D eigenvalue weighted by molar-refractivity contribution is -0.156. The minimum Gasteiger partial charge on any atom is -0.469 e. The number of methoxy groups -OCH3 is 1. The molecule has 1 saturated carbocycles. The topological polar surface area (TPSA) is 59.0 Å². The summed E-state index contributed by atoms with van der Waals surface area (Å²) in [7, 11) is 1.48. The Hall–Kier alpha value is -2.01. The lowest BCUT2D eigenvalue weighted by Gasteiger charge is -2.50. The Bertz CT molecular complexity index is 821. The molecule has 1 spiro atoms. The largest absolute Gasteiger partial charge is 0.469 e. The number of aliphatic imine (C=N–C) groups is 1. The highest BCUT2D eigenvalue weighted by atomic mass is 16.5. The van der Waals surface area contributed by atoms with E-state index in [9.17, 15) is 9.59 Å². The van der Waals surface area contributed by atoms with Gasteiger partial charge in [0.05, 0.1) is 24.2 Å². The number of ether oxygens (including phenoxy) is 1. The standard InChI is InChI=1S/C20H22N2O3/c1-3-12-11-22-9-8-19-15-10-13(23)4-5-16(15)21-20(19,22)7-6-14(12)17(19)18(24)25-2/h3-5,10,14,17H,6-9,11H2,1-2H3/b12-3-/t14-,17?,19-,20?/m0/s1. The Kier molecular flexibility index (Phi) is 2.92. The first-order chi connectivity index (χ1) is 12.1. The fraction of sp³-hybridized carbons (Fsp3) is 0.550. The summed E-state index contributed by atoms with van der Waals surface area (Å²) in [6, 6.07) is 0. The van der Waals surface area contributed by atoms with Crippen LogP contribution in [0.4, 0.5) is 0 Å². The minimum atomic E-state index is -0.427. The Morgan fingerprint density at radius 1 is 1.40 bits per heavy atom. The second kappa shape index (κ2) is 4.79. The number of ketones is 1. The van der Waals surface area contributed by atoms with Crippen LogP contribution in [0.1, 0.15) is 26.2 Å². The number of hydrogen-bond acceptors (Lipinski definition) is 5. The minimum absolute atomic E-state index is 0.00572. The average Bonchev–Trinajstić information content (AvgIpc) is 2.99. The van der Waals surface area contributed by atoms with Crippen LogP contribution in [-0.2, 0) is 14.3 Å². The maximum atomic E-state index is 13.0. The second-order valence-corrected chi connectivity index (χ2v) is 7.76. The molecular weight excluding hydrogens is 316 g/mol. The molecule has 0 amide bonds. The molecule has 4 fully saturated rings. The van der Waals surface area contributed by atoms with Crippen LogP contribution in [0.15, 0.2) is 40.4 Å². The molecule has 25 heavy (non-hydrogen) atoms. The molecule has 130 valence electrons. The summed E-state index contributed by atoms with van der Waals surface area (Å²) in [5.41, 5.74) is 2.35. The van der Waals surface area contributed by atoms with Gasteiger partial charge in [0.15, 0.2) is 5.78 Å². The maximum absolute atomic E-state index is 13.0. The number of carbonyl (C=O) groups excluding carboxylic acids is 2. The third-order valence-electron chi connectivity index (χ3n) is 7.18. The summed E-state index contributed by atoms with van der Waals surface area (Å²) in [4.78, 5) is 32.8. The summed E-state index contributed by atoms with van der Waals surface area (Å²) in [6.45, 7) is 3.82. The van der Waals surface area contributed by atoms with Crippen LogP contribution in [0, 0.1) is 17.3 Å². The van der Waals surface area contributed by atoms with Crippen LogP contribution >= 0.6 is 0 Å². The van der Waals surface area contributed by atoms with E-state index in [0.717, 1.165) is 43.6 Å². The molecule has 4 aliphatic heterocycles. The van der Waals surface area contributed by atoms with Crippen molar-refractivity contribution in [2.45, 2.75) is 31.8 Å². The third-order valence-corrected chi connectivity index (χ3v) is 7.18. The number of fused-ring (bicyclic) bond motifs is 3. The molecule has 0 aromatic heterocycles. The first-order valence-electron chi connectivity index (χ1n) is 9.10. The Labute approximate surface area is 147 Å². The van der Waals surface area contributed by atoms with Crippen molar-refractivity contribution in [3.8, 4) is 0 Å².